The fraction of sp³-hybridized carbons (Fsp3) is 0.278. The Kier molecular flexibility index (Phi) is 4.04. The highest BCUT2D eigenvalue weighted by atomic mass is 32.1. The van der Waals surface area contributed by atoms with Crippen molar-refractivity contribution in [2.24, 2.45) is 0 Å². The minimum Gasteiger partial charge on any atom is -0.312 e. The maximum absolute atomic E-state index is 4.74. The molecule has 1 aromatic carbocycles. The molecule has 0 fully saturated rings. The number of nitrogens with one attached hydrogen (secondary N) is 1. The topological polar surface area (TPSA) is 24.9 Å². The predicted octanol–water partition coefficient (Wildman–Crippen LogP) is 4.94. The van der Waals surface area contributed by atoms with Crippen LogP contribution in [-0.2, 0) is 0 Å². The number of hydrogen-bond acceptors (Lipinski definition) is 3. The van der Waals surface area contributed by atoms with Crippen LogP contribution >= 0.6 is 11.3 Å². The molecular weight excluding hydrogens is 276 g/mol. The standard InChI is InChI=1S/C18H20N2S/c1-4-15(19-3)17-11-10-16(21-17)14-7-5-6-13-9-8-12(2)20-18(13)14/h5-11,15,19H,4H2,1-3H3. The van der Waals surface area contributed by atoms with Crippen molar-refractivity contribution in [3.8, 4) is 10.4 Å². The van der Waals surface area contributed by atoms with Gasteiger partial charge < -0.3 is 5.32 Å². The molecular formula is C18H20N2S. The number of nitrogens with zero attached hydrogens (tertiary/aromatic N) is 1. The highest BCUT2D eigenvalue weighted by Gasteiger charge is 2.12. The Morgan fingerprint density at radius 3 is 2.76 bits per heavy atom. The van der Waals surface area contributed by atoms with Gasteiger partial charge in [0.15, 0.2) is 0 Å². The van der Waals surface area contributed by atoms with E-state index in [4.69, 9.17) is 4.98 Å². The Balaban J connectivity index is 2.10. The molecule has 0 amide bonds. The first-order valence-corrected chi connectivity index (χ1v) is 8.18. The van der Waals surface area contributed by atoms with Crippen molar-refractivity contribution in [3.05, 3.63) is 53.0 Å². The molecule has 0 bridgehead atoms. The van der Waals surface area contributed by atoms with Crippen LogP contribution in [-0.4, -0.2) is 12.0 Å². The van der Waals surface area contributed by atoms with Gasteiger partial charge >= 0.3 is 0 Å². The molecule has 3 aromatic rings. The van der Waals surface area contributed by atoms with Gasteiger partial charge in [0, 0.05) is 32.4 Å². The van der Waals surface area contributed by atoms with Crippen molar-refractivity contribution < 1.29 is 0 Å². The number of thiophene rings is 1. The number of pyridine rings is 1. The smallest absolute Gasteiger partial charge is 0.0791 e. The van der Waals surface area contributed by atoms with Gasteiger partial charge in [0.1, 0.15) is 0 Å². The Bertz CT molecular complexity index is 757. The summed E-state index contributed by atoms with van der Waals surface area (Å²) in [5.41, 5.74) is 3.40. The minimum absolute atomic E-state index is 0.438. The van der Waals surface area contributed by atoms with Crippen LogP contribution < -0.4 is 5.32 Å². The zero-order chi connectivity index (χ0) is 14.8. The summed E-state index contributed by atoms with van der Waals surface area (Å²) in [4.78, 5) is 7.42. The van der Waals surface area contributed by atoms with E-state index in [9.17, 15) is 0 Å². The second kappa shape index (κ2) is 5.96. The zero-order valence-corrected chi connectivity index (χ0v) is 13.5. The Labute approximate surface area is 129 Å². The van der Waals surface area contributed by atoms with Gasteiger partial charge in [-0.25, -0.2) is 0 Å². The van der Waals surface area contributed by atoms with E-state index in [1.807, 2.05) is 25.3 Å². The van der Waals surface area contributed by atoms with E-state index >= 15 is 0 Å². The molecule has 2 nitrogen and oxygen atoms in total. The predicted molar refractivity (Wildman–Crippen MR) is 91.9 cm³/mol. The first-order chi connectivity index (χ1) is 10.2. The van der Waals surface area contributed by atoms with Crippen LogP contribution in [0.3, 0.4) is 0 Å². The molecule has 1 atom stereocenters. The van der Waals surface area contributed by atoms with Crippen molar-refractivity contribution in [2.75, 3.05) is 7.05 Å². The Hall–Kier alpha value is -1.71. The fourth-order valence-electron chi connectivity index (χ4n) is 2.68. The molecule has 0 saturated heterocycles. The average molecular weight is 296 g/mol. The van der Waals surface area contributed by atoms with Crippen LogP contribution in [0.1, 0.15) is 30.0 Å². The number of fused-ring (bicyclic) bond motifs is 1. The highest BCUT2D eigenvalue weighted by molar-refractivity contribution is 7.15. The summed E-state index contributed by atoms with van der Waals surface area (Å²) in [7, 11) is 2.02. The van der Waals surface area contributed by atoms with E-state index in [1.54, 1.807) is 0 Å². The monoisotopic (exact) mass is 296 g/mol. The molecule has 0 saturated carbocycles. The first-order valence-electron chi connectivity index (χ1n) is 7.36. The van der Waals surface area contributed by atoms with Crippen molar-refractivity contribution in [2.45, 2.75) is 26.3 Å². The summed E-state index contributed by atoms with van der Waals surface area (Å²) >= 11 is 1.86. The molecule has 108 valence electrons. The Morgan fingerprint density at radius 1 is 1.14 bits per heavy atom. The lowest BCUT2D eigenvalue weighted by Gasteiger charge is -2.10. The Morgan fingerprint density at radius 2 is 2.00 bits per heavy atom. The van der Waals surface area contributed by atoms with Crippen molar-refractivity contribution in [1.82, 2.24) is 10.3 Å². The number of hydrogen-bond donors (Lipinski definition) is 1. The molecule has 1 unspecified atom stereocenters. The molecule has 3 rings (SSSR count). The van der Waals surface area contributed by atoms with Gasteiger partial charge in [-0.1, -0.05) is 31.2 Å². The van der Waals surface area contributed by atoms with Gasteiger partial charge in [0.05, 0.1) is 5.52 Å². The minimum atomic E-state index is 0.438. The lowest BCUT2D eigenvalue weighted by atomic mass is 10.1. The normalized spacial score (nSPS) is 12.7. The third-order valence-electron chi connectivity index (χ3n) is 3.85. The maximum atomic E-state index is 4.74. The van der Waals surface area contributed by atoms with Crippen molar-refractivity contribution >= 4 is 22.2 Å². The van der Waals surface area contributed by atoms with E-state index < -0.39 is 0 Å². The quantitative estimate of drug-likeness (QED) is 0.737. The molecule has 2 aromatic heterocycles. The number of rotatable bonds is 4. The molecule has 21 heavy (non-hydrogen) atoms. The van der Waals surface area contributed by atoms with Gasteiger partial charge in [-0.05, 0) is 38.6 Å². The number of para-hydroxylation sites is 1. The van der Waals surface area contributed by atoms with E-state index in [0.29, 0.717) is 6.04 Å². The van der Waals surface area contributed by atoms with E-state index in [2.05, 4.69) is 54.7 Å². The van der Waals surface area contributed by atoms with Crippen molar-refractivity contribution in [1.29, 1.82) is 0 Å². The van der Waals surface area contributed by atoms with Gasteiger partial charge in [-0.2, -0.15) is 0 Å². The lowest BCUT2D eigenvalue weighted by molar-refractivity contribution is 0.586. The highest BCUT2D eigenvalue weighted by Crippen LogP contribution is 2.35. The van der Waals surface area contributed by atoms with Crippen LogP contribution in [0.5, 0.6) is 0 Å². The summed E-state index contributed by atoms with van der Waals surface area (Å²) in [6.45, 7) is 4.26. The van der Waals surface area contributed by atoms with E-state index in [0.717, 1.165) is 17.6 Å². The molecule has 0 aliphatic rings. The van der Waals surface area contributed by atoms with Gasteiger partial charge in [0.25, 0.3) is 0 Å². The van der Waals surface area contributed by atoms with Crippen LogP contribution in [0, 0.1) is 6.92 Å². The molecule has 0 aliphatic heterocycles. The molecule has 1 N–H and O–H groups in total. The largest absolute Gasteiger partial charge is 0.312 e. The third kappa shape index (κ3) is 2.71. The second-order valence-electron chi connectivity index (χ2n) is 5.28. The number of aryl methyl sites for hydroxylation is 1. The maximum Gasteiger partial charge on any atom is 0.0791 e. The SMILES string of the molecule is CCC(NC)c1ccc(-c2cccc3ccc(C)nc23)s1. The summed E-state index contributed by atoms with van der Waals surface area (Å²) in [6.07, 6.45) is 1.10. The van der Waals surface area contributed by atoms with Crippen LogP contribution in [0.15, 0.2) is 42.5 Å². The van der Waals surface area contributed by atoms with Gasteiger partial charge in [0.2, 0.25) is 0 Å². The third-order valence-corrected chi connectivity index (χ3v) is 5.08. The van der Waals surface area contributed by atoms with Crippen LogP contribution in [0.2, 0.25) is 0 Å². The zero-order valence-electron chi connectivity index (χ0n) is 12.7. The number of aromatic nitrogens is 1. The van der Waals surface area contributed by atoms with E-state index in [1.165, 1.54) is 20.7 Å². The molecule has 3 heteroatoms. The first kappa shape index (κ1) is 14.2. The summed E-state index contributed by atoms with van der Waals surface area (Å²) in [5.74, 6) is 0. The summed E-state index contributed by atoms with van der Waals surface area (Å²) < 4.78 is 0. The molecule has 0 radical (unpaired) electrons. The van der Waals surface area contributed by atoms with Gasteiger partial charge in [-0.15, -0.1) is 11.3 Å². The fourth-order valence-corrected chi connectivity index (χ4v) is 3.90. The lowest BCUT2D eigenvalue weighted by Crippen LogP contribution is -2.13. The molecule has 0 spiro atoms. The van der Waals surface area contributed by atoms with Crippen LogP contribution in [0.4, 0.5) is 0 Å². The van der Waals surface area contributed by atoms with Crippen LogP contribution in [0.25, 0.3) is 21.3 Å². The van der Waals surface area contributed by atoms with E-state index in [-0.39, 0.29) is 0 Å². The summed E-state index contributed by atoms with van der Waals surface area (Å²) in [6, 6.07) is 15.5. The number of benzene rings is 1. The van der Waals surface area contributed by atoms with Gasteiger partial charge in [-0.3, -0.25) is 4.98 Å². The second-order valence-corrected chi connectivity index (χ2v) is 6.40. The van der Waals surface area contributed by atoms with Crippen molar-refractivity contribution in [3.63, 3.8) is 0 Å². The summed E-state index contributed by atoms with van der Waals surface area (Å²) in [5, 5.41) is 4.58. The molecule has 0 aliphatic carbocycles. The molecule has 2 heterocycles. The average Bonchev–Trinajstić information content (AvgIpc) is 2.97.